The minimum absolute atomic E-state index is 0.0126. The fraction of sp³-hybridized carbons (Fsp3) is 0.480. The molecule has 0 aromatic heterocycles. The molecule has 4 rings (SSSR count). The van der Waals surface area contributed by atoms with E-state index in [-0.39, 0.29) is 48.8 Å². The van der Waals surface area contributed by atoms with Crippen LogP contribution in [-0.2, 0) is 20.7 Å². The Kier molecular flexibility index (Phi) is 7.00. The summed E-state index contributed by atoms with van der Waals surface area (Å²) in [4.78, 5) is 11.7. The van der Waals surface area contributed by atoms with Crippen molar-refractivity contribution < 1.29 is 23.8 Å². The Labute approximate surface area is 182 Å². The zero-order valence-electron chi connectivity index (χ0n) is 17.8. The van der Waals surface area contributed by atoms with Gasteiger partial charge in [-0.15, -0.1) is 0 Å². The summed E-state index contributed by atoms with van der Waals surface area (Å²) < 4.78 is 25.5. The highest BCUT2D eigenvalue weighted by Crippen LogP contribution is 2.33. The summed E-state index contributed by atoms with van der Waals surface area (Å²) in [7, 11) is 0. The number of fused-ring (bicyclic) bond motifs is 1. The minimum atomic E-state index is -0.237. The smallest absolute Gasteiger partial charge is 0.217 e. The second-order valence-corrected chi connectivity index (χ2v) is 8.55. The van der Waals surface area contributed by atoms with Gasteiger partial charge in [0.25, 0.3) is 0 Å². The fourth-order valence-electron chi connectivity index (χ4n) is 4.65. The first-order valence-electron chi connectivity index (χ1n) is 11.1. The van der Waals surface area contributed by atoms with Gasteiger partial charge in [-0.2, -0.15) is 0 Å². The number of carbonyl (C=O) groups excluding carboxylic acids is 1. The summed E-state index contributed by atoms with van der Waals surface area (Å²) in [5.41, 5.74) is 3.23. The molecule has 2 fully saturated rings. The van der Waals surface area contributed by atoms with Crippen LogP contribution in [0.5, 0.6) is 0 Å². The molecule has 2 N–H and O–H groups in total. The van der Waals surface area contributed by atoms with Crippen LogP contribution < -0.4 is 5.32 Å². The Bertz CT molecular complexity index is 870. The monoisotopic (exact) mass is 427 g/mol. The summed E-state index contributed by atoms with van der Waals surface area (Å²) in [6.45, 7) is 1.54. The van der Waals surface area contributed by atoms with E-state index in [1.165, 1.54) is 24.6 Å². The first kappa shape index (κ1) is 21.9. The zero-order valence-corrected chi connectivity index (χ0v) is 17.8. The molecule has 2 aromatic rings. The van der Waals surface area contributed by atoms with Crippen molar-refractivity contribution in [2.45, 2.75) is 69.5 Å². The molecule has 2 heterocycles. The zero-order chi connectivity index (χ0) is 21.8. The number of carbonyl (C=O) groups is 1. The molecule has 2 aromatic carbocycles. The molecule has 5 nitrogen and oxygen atoms in total. The van der Waals surface area contributed by atoms with Crippen molar-refractivity contribution in [2.75, 3.05) is 6.61 Å². The first-order valence-corrected chi connectivity index (χ1v) is 11.1. The molecule has 0 bridgehead atoms. The lowest BCUT2D eigenvalue weighted by Gasteiger charge is -2.45. The van der Waals surface area contributed by atoms with Gasteiger partial charge in [-0.25, -0.2) is 4.39 Å². The maximum absolute atomic E-state index is 13.1. The number of rotatable bonds is 6. The lowest BCUT2D eigenvalue weighted by molar-refractivity contribution is -0.202. The number of aliphatic hydroxyl groups excluding tert-OH is 1. The van der Waals surface area contributed by atoms with Crippen LogP contribution in [0.25, 0.3) is 11.1 Å². The third-order valence-electron chi connectivity index (χ3n) is 6.28. The fourth-order valence-corrected chi connectivity index (χ4v) is 4.65. The van der Waals surface area contributed by atoms with Crippen molar-refractivity contribution in [1.82, 2.24) is 5.32 Å². The van der Waals surface area contributed by atoms with E-state index in [2.05, 4.69) is 29.6 Å². The number of aliphatic hydroxyl groups is 1. The minimum Gasteiger partial charge on any atom is -0.394 e. The van der Waals surface area contributed by atoms with E-state index in [9.17, 15) is 14.3 Å². The Hall–Kier alpha value is -2.28. The van der Waals surface area contributed by atoms with Crippen LogP contribution >= 0.6 is 0 Å². The maximum atomic E-state index is 13.1. The van der Waals surface area contributed by atoms with Gasteiger partial charge in [0.2, 0.25) is 5.91 Å². The molecule has 0 aliphatic carbocycles. The Morgan fingerprint density at radius 1 is 1.03 bits per heavy atom. The normalized spacial score (nSPS) is 28.0. The lowest BCUT2D eigenvalue weighted by atomic mass is 9.88. The number of hydrogen-bond donors (Lipinski definition) is 2. The van der Waals surface area contributed by atoms with Gasteiger partial charge in [0.15, 0.2) is 0 Å². The van der Waals surface area contributed by atoms with Crippen LogP contribution in [0.4, 0.5) is 4.39 Å². The molecular weight excluding hydrogens is 397 g/mol. The molecule has 0 unspecified atom stereocenters. The molecule has 0 spiro atoms. The second-order valence-electron chi connectivity index (χ2n) is 8.55. The number of ether oxygens (including phenoxy) is 2. The van der Waals surface area contributed by atoms with E-state index in [1.54, 1.807) is 12.1 Å². The van der Waals surface area contributed by atoms with Crippen molar-refractivity contribution >= 4 is 5.91 Å². The van der Waals surface area contributed by atoms with Gasteiger partial charge in [0, 0.05) is 6.92 Å². The van der Waals surface area contributed by atoms with Gasteiger partial charge in [0.1, 0.15) is 5.82 Å². The van der Waals surface area contributed by atoms with E-state index in [1.807, 2.05) is 0 Å². The number of hydrogen-bond acceptors (Lipinski definition) is 4. The van der Waals surface area contributed by atoms with E-state index < -0.39 is 0 Å². The summed E-state index contributed by atoms with van der Waals surface area (Å²) in [6.07, 6.45) is 3.71. The van der Waals surface area contributed by atoms with Crippen molar-refractivity contribution in [3.8, 4) is 11.1 Å². The van der Waals surface area contributed by atoms with Crippen molar-refractivity contribution in [1.29, 1.82) is 0 Å². The van der Waals surface area contributed by atoms with Gasteiger partial charge in [0.05, 0.1) is 37.1 Å². The summed E-state index contributed by atoms with van der Waals surface area (Å²) in [6, 6.07) is 14.7. The number of halogens is 1. The molecule has 31 heavy (non-hydrogen) atoms. The van der Waals surface area contributed by atoms with Gasteiger partial charge in [-0.05, 0) is 60.9 Å². The van der Waals surface area contributed by atoms with Crippen LogP contribution in [0, 0.1) is 5.82 Å². The molecule has 1 amide bonds. The van der Waals surface area contributed by atoms with Crippen molar-refractivity contribution in [3.63, 3.8) is 0 Å². The number of nitrogens with one attached hydrogen (secondary N) is 1. The molecule has 166 valence electrons. The average Bonchev–Trinajstić information content (AvgIpc) is 2.78. The number of aryl methyl sites for hydroxylation is 1. The van der Waals surface area contributed by atoms with Gasteiger partial charge >= 0.3 is 0 Å². The van der Waals surface area contributed by atoms with Crippen LogP contribution in [0.2, 0.25) is 0 Å². The Balaban J connectivity index is 1.39. The highest BCUT2D eigenvalue weighted by molar-refractivity contribution is 5.73. The highest BCUT2D eigenvalue weighted by Gasteiger charge is 2.42. The molecule has 0 saturated carbocycles. The summed E-state index contributed by atoms with van der Waals surface area (Å²) in [5, 5.41) is 12.4. The van der Waals surface area contributed by atoms with Gasteiger partial charge in [-0.3, -0.25) is 4.79 Å². The van der Waals surface area contributed by atoms with Crippen molar-refractivity contribution in [3.05, 3.63) is 59.9 Å². The standard InChI is InChI=1S/C25H30FNO4/c1-16(29)27-22-14-25-24(13-11-21(15-28)30-25)31-23(22)12-4-17-2-5-18(6-3-17)19-7-9-20(26)10-8-19/h2-3,5-10,21-25,28H,4,11-15H2,1H3,(H,27,29)/t21-,22-,23+,24-,25-/m0/s1. The second kappa shape index (κ2) is 9.90. The highest BCUT2D eigenvalue weighted by atomic mass is 19.1. The number of benzene rings is 2. The lowest BCUT2D eigenvalue weighted by Crippen LogP contribution is -2.57. The van der Waals surface area contributed by atoms with Crippen LogP contribution in [0.1, 0.15) is 38.2 Å². The third kappa shape index (κ3) is 5.50. The molecule has 5 atom stereocenters. The number of amides is 1. The molecule has 6 heteroatoms. The molecule has 2 saturated heterocycles. The first-order chi connectivity index (χ1) is 15.0. The molecule has 2 aliphatic rings. The van der Waals surface area contributed by atoms with Gasteiger partial charge < -0.3 is 19.9 Å². The SMILES string of the molecule is CC(=O)N[C@H]1C[C@@H]2O[C@H](CO)CC[C@@H]2O[C@@H]1CCc1ccc(-c2ccc(F)cc2)cc1. The average molecular weight is 428 g/mol. The summed E-state index contributed by atoms with van der Waals surface area (Å²) >= 11 is 0. The van der Waals surface area contributed by atoms with Crippen LogP contribution in [0.15, 0.2) is 48.5 Å². The largest absolute Gasteiger partial charge is 0.394 e. The van der Waals surface area contributed by atoms with Crippen LogP contribution in [-0.4, -0.2) is 48.1 Å². The van der Waals surface area contributed by atoms with E-state index in [0.717, 1.165) is 36.8 Å². The Morgan fingerprint density at radius 3 is 2.35 bits per heavy atom. The van der Waals surface area contributed by atoms with E-state index in [0.29, 0.717) is 6.42 Å². The summed E-state index contributed by atoms with van der Waals surface area (Å²) in [5.74, 6) is -0.311. The predicted octanol–water partition coefficient (Wildman–Crippen LogP) is 3.63. The van der Waals surface area contributed by atoms with Crippen molar-refractivity contribution in [2.24, 2.45) is 0 Å². The molecular formula is C25H30FNO4. The van der Waals surface area contributed by atoms with E-state index in [4.69, 9.17) is 9.47 Å². The molecule has 2 aliphatic heterocycles. The van der Waals surface area contributed by atoms with E-state index >= 15 is 0 Å². The van der Waals surface area contributed by atoms with Gasteiger partial charge in [-0.1, -0.05) is 36.4 Å². The topological polar surface area (TPSA) is 67.8 Å². The maximum Gasteiger partial charge on any atom is 0.217 e. The third-order valence-corrected chi connectivity index (χ3v) is 6.28. The van der Waals surface area contributed by atoms with Crippen LogP contribution in [0.3, 0.4) is 0 Å². The Morgan fingerprint density at radius 2 is 1.71 bits per heavy atom. The quantitative estimate of drug-likeness (QED) is 0.739. The molecule has 0 radical (unpaired) electrons. The predicted molar refractivity (Wildman–Crippen MR) is 116 cm³/mol.